The van der Waals surface area contributed by atoms with Crippen LogP contribution in [0.15, 0.2) is 17.4 Å². The summed E-state index contributed by atoms with van der Waals surface area (Å²) < 4.78 is 11.9. The Balaban J connectivity index is 2.01. The van der Waals surface area contributed by atoms with Crippen LogP contribution in [0.1, 0.15) is 12.1 Å². The van der Waals surface area contributed by atoms with Gasteiger partial charge in [-0.2, -0.15) is 0 Å². The third-order valence-electron chi connectivity index (χ3n) is 2.53. The minimum absolute atomic E-state index is 0.474. The SMILES string of the molecule is Cc1ccnc(S(=O)CC2CCNC2)n1. The molecular formula is C10H15N3OS. The van der Waals surface area contributed by atoms with Crippen LogP contribution >= 0.6 is 0 Å². The number of nitrogens with one attached hydrogen (secondary N) is 1. The second-order valence-corrected chi connectivity index (χ2v) is 5.24. The summed E-state index contributed by atoms with van der Waals surface area (Å²) in [5.74, 6) is 1.19. The number of hydrogen-bond acceptors (Lipinski definition) is 4. The van der Waals surface area contributed by atoms with Gasteiger partial charge in [0.1, 0.15) is 0 Å². The van der Waals surface area contributed by atoms with Crippen LogP contribution < -0.4 is 5.32 Å². The highest BCUT2D eigenvalue weighted by molar-refractivity contribution is 7.84. The van der Waals surface area contributed by atoms with Crippen molar-refractivity contribution in [2.24, 2.45) is 5.92 Å². The molecule has 1 aromatic rings. The van der Waals surface area contributed by atoms with Gasteiger partial charge < -0.3 is 5.32 Å². The standard InChI is InChI=1S/C10H15N3OS/c1-8-2-5-12-10(13-8)15(14)7-9-3-4-11-6-9/h2,5,9,11H,3-4,6-7H2,1H3. The molecule has 5 heteroatoms. The highest BCUT2D eigenvalue weighted by atomic mass is 32.2. The number of rotatable bonds is 3. The van der Waals surface area contributed by atoms with Crippen molar-refractivity contribution in [3.05, 3.63) is 18.0 Å². The monoisotopic (exact) mass is 225 g/mol. The summed E-state index contributed by atoms with van der Waals surface area (Å²) in [6, 6.07) is 1.82. The Morgan fingerprint density at radius 1 is 1.67 bits per heavy atom. The van der Waals surface area contributed by atoms with Crippen LogP contribution in [0.3, 0.4) is 0 Å². The summed E-state index contributed by atoms with van der Waals surface area (Å²) in [4.78, 5) is 8.23. The molecule has 0 radical (unpaired) electrons. The van der Waals surface area contributed by atoms with Gasteiger partial charge in [0.15, 0.2) is 0 Å². The highest BCUT2D eigenvalue weighted by Crippen LogP contribution is 2.12. The third-order valence-corrected chi connectivity index (χ3v) is 3.90. The van der Waals surface area contributed by atoms with Crippen molar-refractivity contribution in [2.75, 3.05) is 18.8 Å². The summed E-state index contributed by atoms with van der Waals surface area (Å²) in [7, 11) is -1.05. The second-order valence-electron chi connectivity index (χ2n) is 3.85. The summed E-state index contributed by atoms with van der Waals surface area (Å²) in [6.07, 6.45) is 2.78. The van der Waals surface area contributed by atoms with Crippen molar-refractivity contribution in [2.45, 2.75) is 18.5 Å². The predicted molar refractivity (Wildman–Crippen MR) is 59.0 cm³/mol. The summed E-state index contributed by atoms with van der Waals surface area (Å²) in [6.45, 7) is 3.90. The Bertz CT molecular complexity index is 363. The fourth-order valence-electron chi connectivity index (χ4n) is 1.68. The van der Waals surface area contributed by atoms with E-state index in [1.54, 1.807) is 6.20 Å². The minimum Gasteiger partial charge on any atom is -0.316 e. The first-order valence-electron chi connectivity index (χ1n) is 5.14. The first-order valence-corrected chi connectivity index (χ1v) is 6.46. The molecule has 82 valence electrons. The van der Waals surface area contributed by atoms with Gasteiger partial charge in [-0.15, -0.1) is 0 Å². The highest BCUT2D eigenvalue weighted by Gasteiger charge is 2.19. The van der Waals surface area contributed by atoms with E-state index in [4.69, 9.17) is 0 Å². The topological polar surface area (TPSA) is 54.9 Å². The lowest BCUT2D eigenvalue weighted by Crippen LogP contribution is -2.16. The molecule has 0 aliphatic carbocycles. The van der Waals surface area contributed by atoms with E-state index >= 15 is 0 Å². The largest absolute Gasteiger partial charge is 0.316 e. The maximum absolute atomic E-state index is 11.9. The Hall–Kier alpha value is -0.810. The summed E-state index contributed by atoms with van der Waals surface area (Å²) >= 11 is 0. The van der Waals surface area contributed by atoms with E-state index in [0.29, 0.717) is 16.8 Å². The zero-order valence-electron chi connectivity index (χ0n) is 8.77. The summed E-state index contributed by atoms with van der Waals surface area (Å²) in [5.41, 5.74) is 0.873. The number of aryl methyl sites for hydroxylation is 1. The van der Waals surface area contributed by atoms with Crippen LogP contribution in [0.25, 0.3) is 0 Å². The number of nitrogens with zero attached hydrogens (tertiary/aromatic N) is 2. The first-order chi connectivity index (χ1) is 7.25. The van der Waals surface area contributed by atoms with Gasteiger partial charge >= 0.3 is 0 Å². The lowest BCUT2D eigenvalue weighted by atomic mass is 10.2. The summed E-state index contributed by atoms with van der Waals surface area (Å²) in [5, 5.41) is 3.74. The van der Waals surface area contributed by atoms with E-state index < -0.39 is 10.8 Å². The van der Waals surface area contributed by atoms with Crippen LogP contribution in [0.4, 0.5) is 0 Å². The second kappa shape index (κ2) is 4.81. The lowest BCUT2D eigenvalue weighted by molar-refractivity contribution is 0.627. The Kier molecular flexibility index (Phi) is 3.43. The van der Waals surface area contributed by atoms with E-state index in [9.17, 15) is 4.21 Å². The zero-order chi connectivity index (χ0) is 10.7. The van der Waals surface area contributed by atoms with Gasteiger partial charge in [-0.25, -0.2) is 9.97 Å². The Morgan fingerprint density at radius 3 is 3.20 bits per heavy atom. The Morgan fingerprint density at radius 2 is 2.53 bits per heavy atom. The van der Waals surface area contributed by atoms with Crippen molar-refractivity contribution >= 4 is 10.8 Å². The molecule has 0 aromatic carbocycles. The van der Waals surface area contributed by atoms with Gasteiger partial charge in [0.05, 0.1) is 10.8 Å². The van der Waals surface area contributed by atoms with E-state index in [1.807, 2.05) is 13.0 Å². The van der Waals surface area contributed by atoms with E-state index in [1.165, 1.54) is 0 Å². The fraction of sp³-hybridized carbons (Fsp3) is 0.600. The van der Waals surface area contributed by atoms with Crippen molar-refractivity contribution in [1.82, 2.24) is 15.3 Å². The average molecular weight is 225 g/mol. The van der Waals surface area contributed by atoms with Gasteiger partial charge in [0, 0.05) is 17.6 Å². The van der Waals surface area contributed by atoms with Crippen molar-refractivity contribution < 1.29 is 4.21 Å². The molecule has 0 bridgehead atoms. The maximum Gasteiger partial charge on any atom is 0.218 e. The maximum atomic E-state index is 11.9. The Labute approximate surface area is 92.0 Å². The number of aromatic nitrogens is 2. The molecule has 2 unspecified atom stereocenters. The molecule has 2 rings (SSSR count). The van der Waals surface area contributed by atoms with Crippen LogP contribution in [-0.2, 0) is 10.8 Å². The molecule has 1 saturated heterocycles. The molecule has 2 atom stereocenters. The third kappa shape index (κ3) is 2.82. The van der Waals surface area contributed by atoms with Crippen molar-refractivity contribution in [1.29, 1.82) is 0 Å². The first kappa shape index (κ1) is 10.7. The molecule has 4 nitrogen and oxygen atoms in total. The molecule has 15 heavy (non-hydrogen) atoms. The van der Waals surface area contributed by atoms with Gasteiger partial charge in [0.2, 0.25) is 5.16 Å². The molecule has 0 spiro atoms. The normalized spacial score (nSPS) is 22.9. The van der Waals surface area contributed by atoms with E-state index in [-0.39, 0.29) is 0 Å². The molecule has 1 fully saturated rings. The molecule has 1 N–H and O–H groups in total. The molecule has 2 heterocycles. The molecular weight excluding hydrogens is 210 g/mol. The van der Waals surface area contributed by atoms with Crippen LogP contribution in [0.2, 0.25) is 0 Å². The van der Waals surface area contributed by atoms with Crippen LogP contribution in [0, 0.1) is 12.8 Å². The van der Waals surface area contributed by atoms with Gasteiger partial charge in [0.25, 0.3) is 0 Å². The average Bonchev–Trinajstić information content (AvgIpc) is 2.70. The molecule has 0 amide bonds. The minimum atomic E-state index is -1.05. The van der Waals surface area contributed by atoms with Crippen molar-refractivity contribution in [3.8, 4) is 0 Å². The van der Waals surface area contributed by atoms with Crippen LogP contribution in [0.5, 0.6) is 0 Å². The van der Waals surface area contributed by atoms with Gasteiger partial charge in [-0.1, -0.05) is 0 Å². The quantitative estimate of drug-likeness (QED) is 0.761. The molecule has 1 aliphatic heterocycles. The molecule has 0 saturated carbocycles. The smallest absolute Gasteiger partial charge is 0.218 e. The van der Waals surface area contributed by atoms with E-state index in [2.05, 4.69) is 15.3 Å². The lowest BCUT2D eigenvalue weighted by Gasteiger charge is -2.06. The predicted octanol–water partition coefficient (Wildman–Crippen LogP) is 0.502. The zero-order valence-corrected chi connectivity index (χ0v) is 9.59. The van der Waals surface area contributed by atoms with Gasteiger partial charge in [-0.05, 0) is 38.4 Å². The number of hydrogen-bond donors (Lipinski definition) is 1. The molecule has 1 aromatic heterocycles. The molecule has 1 aliphatic rings. The van der Waals surface area contributed by atoms with E-state index in [0.717, 1.165) is 25.2 Å². The van der Waals surface area contributed by atoms with Crippen LogP contribution in [-0.4, -0.2) is 33.0 Å². The van der Waals surface area contributed by atoms with Gasteiger partial charge in [-0.3, -0.25) is 4.21 Å². The van der Waals surface area contributed by atoms with Crippen molar-refractivity contribution in [3.63, 3.8) is 0 Å². The fourth-order valence-corrected chi connectivity index (χ4v) is 2.97.